The molecule has 0 amide bonds. The first kappa shape index (κ1) is 14.9. The van der Waals surface area contributed by atoms with Crippen LogP contribution in [-0.4, -0.2) is 43.3 Å². The third kappa shape index (κ3) is 3.67. The zero-order chi connectivity index (χ0) is 12.9. The van der Waals surface area contributed by atoms with E-state index in [-0.39, 0.29) is 5.54 Å². The van der Waals surface area contributed by atoms with Crippen molar-refractivity contribution in [3.05, 3.63) is 0 Å². The third-order valence-corrected chi connectivity index (χ3v) is 4.13. The highest BCUT2D eigenvalue weighted by Crippen LogP contribution is 2.34. The van der Waals surface area contributed by atoms with Gasteiger partial charge in [0.15, 0.2) is 0 Å². The first-order valence-corrected chi connectivity index (χ1v) is 7.06. The largest absolute Gasteiger partial charge is 0.381 e. The van der Waals surface area contributed by atoms with Crippen molar-refractivity contribution in [3.63, 3.8) is 0 Å². The number of likely N-dealkylation sites (N-methyl/N-ethyl adjacent to an activating group) is 1. The van der Waals surface area contributed by atoms with Gasteiger partial charge in [-0.15, -0.1) is 0 Å². The fourth-order valence-corrected chi connectivity index (χ4v) is 3.19. The maximum Gasteiger partial charge on any atom is 0.0589 e. The van der Waals surface area contributed by atoms with Gasteiger partial charge in [-0.3, -0.25) is 4.90 Å². The number of ether oxygens (including phenoxy) is 1. The van der Waals surface area contributed by atoms with Gasteiger partial charge in [-0.2, -0.15) is 0 Å². The fourth-order valence-electron chi connectivity index (χ4n) is 3.19. The quantitative estimate of drug-likeness (QED) is 0.776. The molecule has 2 atom stereocenters. The summed E-state index contributed by atoms with van der Waals surface area (Å²) in [7, 11) is 1.83. The maximum absolute atomic E-state index is 6.11. The molecule has 1 saturated carbocycles. The molecule has 1 aliphatic rings. The van der Waals surface area contributed by atoms with Gasteiger partial charge in [-0.1, -0.05) is 20.8 Å². The van der Waals surface area contributed by atoms with E-state index in [2.05, 4.69) is 25.7 Å². The Kier molecular flexibility index (Phi) is 5.90. The molecule has 1 rings (SSSR count). The predicted molar refractivity (Wildman–Crippen MR) is 73.1 cm³/mol. The average Bonchev–Trinajstić information content (AvgIpc) is 2.35. The minimum Gasteiger partial charge on any atom is -0.381 e. The summed E-state index contributed by atoms with van der Waals surface area (Å²) in [5, 5.41) is 0. The van der Waals surface area contributed by atoms with Crippen LogP contribution in [-0.2, 0) is 4.74 Å². The summed E-state index contributed by atoms with van der Waals surface area (Å²) >= 11 is 0. The Morgan fingerprint density at radius 2 is 2.18 bits per heavy atom. The molecule has 2 N–H and O–H groups in total. The van der Waals surface area contributed by atoms with E-state index in [1.807, 2.05) is 7.11 Å². The van der Waals surface area contributed by atoms with Gasteiger partial charge in [0, 0.05) is 25.7 Å². The molecular formula is C14H30N2O. The third-order valence-electron chi connectivity index (χ3n) is 4.13. The van der Waals surface area contributed by atoms with Gasteiger partial charge in [-0.25, -0.2) is 0 Å². The molecule has 0 saturated heterocycles. The van der Waals surface area contributed by atoms with Crippen LogP contribution in [0.1, 0.15) is 46.5 Å². The molecule has 3 heteroatoms. The molecular weight excluding hydrogens is 212 g/mol. The van der Waals surface area contributed by atoms with E-state index in [1.165, 1.54) is 19.3 Å². The van der Waals surface area contributed by atoms with Crippen LogP contribution >= 0.6 is 0 Å². The first-order chi connectivity index (χ1) is 8.07. The summed E-state index contributed by atoms with van der Waals surface area (Å²) in [6.07, 6.45) is 5.15. The monoisotopic (exact) mass is 242 g/mol. The summed E-state index contributed by atoms with van der Waals surface area (Å²) in [5.41, 5.74) is 6.29. The second-order valence-corrected chi connectivity index (χ2v) is 5.82. The van der Waals surface area contributed by atoms with Gasteiger partial charge in [0.1, 0.15) is 0 Å². The lowest BCUT2D eigenvalue weighted by Crippen LogP contribution is -2.58. The summed E-state index contributed by atoms with van der Waals surface area (Å²) in [6, 6.07) is 0. The topological polar surface area (TPSA) is 38.5 Å². The van der Waals surface area contributed by atoms with Crippen molar-refractivity contribution in [1.82, 2.24) is 4.90 Å². The van der Waals surface area contributed by atoms with Gasteiger partial charge in [0.2, 0.25) is 0 Å². The summed E-state index contributed by atoms with van der Waals surface area (Å²) in [5.74, 6) is 0.696. The van der Waals surface area contributed by atoms with E-state index in [0.717, 1.165) is 26.1 Å². The van der Waals surface area contributed by atoms with Crippen molar-refractivity contribution in [2.75, 3.05) is 26.7 Å². The molecule has 0 aromatic carbocycles. The summed E-state index contributed by atoms with van der Waals surface area (Å²) in [6.45, 7) is 9.80. The van der Waals surface area contributed by atoms with Crippen molar-refractivity contribution in [1.29, 1.82) is 0 Å². The highest BCUT2D eigenvalue weighted by Gasteiger charge is 2.39. The molecule has 0 aromatic rings. The van der Waals surface area contributed by atoms with Crippen LogP contribution in [0.3, 0.4) is 0 Å². The summed E-state index contributed by atoms with van der Waals surface area (Å²) in [4.78, 5) is 2.59. The highest BCUT2D eigenvalue weighted by atomic mass is 16.5. The van der Waals surface area contributed by atoms with E-state index in [1.54, 1.807) is 0 Å². The number of rotatable bonds is 6. The Balaban J connectivity index is 2.76. The number of methoxy groups -OCH3 is 1. The van der Waals surface area contributed by atoms with Crippen LogP contribution in [0.25, 0.3) is 0 Å². The number of nitrogens with zero attached hydrogens (tertiary/aromatic N) is 1. The van der Waals surface area contributed by atoms with E-state index < -0.39 is 0 Å². The van der Waals surface area contributed by atoms with Crippen LogP contribution < -0.4 is 5.73 Å². The number of hydrogen-bond donors (Lipinski definition) is 1. The molecule has 0 spiro atoms. The molecule has 0 aromatic heterocycles. The van der Waals surface area contributed by atoms with E-state index in [9.17, 15) is 0 Å². The van der Waals surface area contributed by atoms with Crippen molar-refractivity contribution >= 4 is 0 Å². The normalized spacial score (nSPS) is 30.2. The fraction of sp³-hybridized carbons (Fsp3) is 1.00. The van der Waals surface area contributed by atoms with Gasteiger partial charge >= 0.3 is 0 Å². The van der Waals surface area contributed by atoms with E-state index in [4.69, 9.17) is 10.5 Å². The van der Waals surface area contributed by atoms with E-state index in [0.29, 0.717) is 12.0 Å². The standard InChI is InChI=1S/C14H30N2O/c1-5-16(10-12(2)3)14(11-15)8-6-7-13(9-14)17-4/h12-13H,5-11,15H2,1-4H3. The first-order valence-electron chi connectivity index (χ1n) is 7.06. The average molecular weight is 242 g/mol. The Morgan fingerprint density at radius 1 is 1.47 bits per heavy atom. The van der Waals surface area contributed by atoms with Crippen LogP contribution in [0.15, 0.2) is 0 Å². The molecule has 3 nitrogen and oxygen atoms in total. The van der Waals surface area contributed by atoms with Crippen LogP contribution in [0.2, 0.25) is 0 Å². The second kappa shape index (κ2) is 6.72. The molecule has 0 heterocycles. The molecule has 0 bridgehead atoms. The maximum atomic E-state index is 6.11. The van der Waals surface area contributed by atoms with Crippen LogP contribution in [0, 0.1) is 5.92 Å². The van der Waals surface area contributed by atoms with Crippen LogP contribution in [0.4, 0.5) is 0 Å². The molecule has 2 unspecified atom stereocenters. The molecule has 0 aliphatic heterocycles. The minimum absolute atomic E-state index is 0.179. The molecule has 0 radical (unpaired) electrons. The molecule has 102 valence electrons. The van der Waals surface area contributed by atoms with Crippen LogP contribution in [0.5, 0.6) is 0 Å². The lowest BCUT2D eigenvalue weighted by molar-refractivity contribution is -0.0242. The van der Waals surface area contributed by atoms with Crippen molar-refractivity contribution in [2.45, 2.75) is 58.1 Å². The van der Waals surface area contributed by atoms with Gasteiger partial charge in [-0.05, 0) is 38.1 Å². The Bertz CT molecular complexity index is 220. The van der Waals surface area contributed by atoms with Gasteiger partial charge in [0.25, 0.3) is 0 Å². The van der Waals surface area contributed by atoms with Crippen molar-refractivity contribution in [3.8, 4) is 0 Å². The van der Waals surface area contributed by atoms with Crippen molar-refractivity contribution in [2.24, 2.45) is 11.7 Å². The second-order valence-electron chi connectivity index (χ2n) is 5.82. The SMILES string of the molecule is CCN(CC(C)C)C1(CN)CCCC(OC)C1. The van der Waals surface area contributed by atoms with Crippen molar-refractivity contribution < 1.29 is 4.74 Å². The molecule has 17 heavy (non-hydrogen) atoms. The highest BCUT2D eigenvalue weighted by molar-refractivity contribution is 4.97. The Labute approximate surface area is 107 Å². The minimum atomic E-state index is 0.179. The smallest absolute Gasteiger partial charge is 0.0589 e. The van der Waals surface area contributed by atoms with Gasteiger partial charge in [0.05, 0.1) is 6.10 Å². The number of nitrogens with two attached hydrogens (primary N) is 1. The van der Waals surface area contributed by atoms with Gasteiger partial charge < -0.3 is 10.5 Å². The lowest BCUT2D eigenvalue weighted by Gasteiger charge is -2.48. The zero-order valence-corrected chi connectivity index (χ0v) is 12.0. The Morgan fingerprint density at radius 3 is 2.65 bits per heavy atom. The molecule has 1 fully saturated rings. The number of hydrogen-bond acceptors (Lipinski definition) is 3. The summed E-state index contributed by atoms with van der Waals surface area (Å²) < 4.78 is 5.57. The molecule has 1 aliphatic carbocycles. The Hall–Kier alpha value is -0.120. The van der Waals surface area contributed by atoms with E-state index >= 15 is 0 Å². The zero-order valence-electron chi connectivity index (χ0n) is 12.0. The lowest BCUT2D eigenvalue weighted by atomic mass is 9.78. The predicted octanol–water partition coefficient (Wildman–Crippen LogP) is 2.25.